The molecule has 3 rings (SSSR count). The highest BCUT2D eigenvalue weighted by Gasteiger charge is 2.43. The van der Waals surface area contributed by atoms with Crippen molar-refractivity contribution in [2.45, 2.75) is 19.4 Å². The predicted molar refractivity (Wildman–Crippen MR) is 113 cm³/mol. The van der Waals surface area contributed by atoms with E-state index in [-0.39, 0.29) is 17.8 Å². The number of ether oxygens (including phenoxy) is 1. The Kier molecular flexibility index (Phi) is 6.56. The van der Waals surface area contributed by atoms with E-state index in [4.69, 9.17) is 4.74 Å². The average molecular weight is 421 g/mol. The van der Waals surface area contributed by atoms with E-state index in [0.717, 1.165) is 24.5 Å². The van der Waals surface area contributed by atoms with Crippen LogP contribution in [0.15, 0.2) is 24.3 Å². The molecule has 8 nitrogen and oxygen atoms in total. The van der Waals surface area contributed by atoms with Gasteiger partial charge in [-0.15, -0.1) is 0 Å². The van der Waals surface area contributed by atoms with Crippen LogP contribution in [0.2, 0.25) is 0 Å². The van der Waals surface area contributed by atoms with Crippen molar-refractivity contribution in [1.82, 2.24) is 15.1 Å². The molecule has 29 heavy (non-hydrogen) atoms. The molecule has 2 aliphatic heterocycles. The Labute approximate surface area is 175 Å². The van der Waals surface area contributed by atoms with Crippen LogP contribution in [0.4, 0.5) is 10.5 Å². The van der Waals surface area contributed by atoms with Crippen LogP contribution in [0.25, 0.3) is 0 Å². The van der Waals surface area contributed by atoms with Crippen molar-refractivity contribution in [2.24, 2.45) is 0 Å². The van der Waals surface area contributed by atoms with Gasteiger partial charge in [-0.25, -0.2) is 4.79 Å². The largest absolute Gasteiger partial charge is 0.497 e. The van der Waals surface area contributed by atoms with Crippen LogP contribution in [0.1, 0.15) is 13.8 Å². The molecular weight excluding hydrogens is 392 g/mol. The number of urea groups is 1. The van der Waals surface area contributed by atoms with Crippen LogP contribution in [-0.4, -0.2) is 84.5 Å². The fourth-order valence-corrected chi connectivity index (χ4v) is 4.25. The van der Waals surface area contributed by atoms with Gasteiger partial charge in [-0.2, -0.15) is 11.8 Å². The van der Waals surface area contributed by atoms with Gasteiger partial charge in [0, 0.05) is 44.2 Å². The first-order chi connectivity index (χ1) is 13.8. The van der Waals surface area contributed by atoms with Gasteiger partial charge < -0.3 is 19.9 Å². The van der Waals surface area contributed by atoms with Crippen molar-refractivity contribution in [1.29, 1.82) is 0 Å². The van der Waals surface area contributed by atoms with Crippen LogP contribution in [0, 0.1) is 0 Å². The molecule has 0 saturated carbocycles. The lowest BCUT2D eigenvalue weighted by molar-refractivity contribution is -0.130. The number of nitrogens with one attached hydrogen (secondary N) is 1. The van der Waals surface area contributed by atoms with Crippen molar-refractivity contribution in [2.75, 3.05) is 56.2 Å². The molecule has 158 valence electrons. The molecule has 1 N–H and O–H groups in total. The summed E-state index contributed by atoms with van der Waals surface area (Å²) in [5, 5.41) is 2.66. The number of hydrogen-bond acceptors (Lipinski definition) is 6. The normalized spacial score (nSPS) is 18.8. The number of nitrogens with zero attached hydrogens (tertiary/aromatic N) is 3. The maximum Gasteiger partial charge on any atom is 0.325 e. The number of hydrogen-bond donors (Lipinski definition) is 1. The summed E-state index contributed by atoms with van der Waals surface area (Å²) in [5.74, 6) is 1.62. The number of anilines is 1. The fraction of sp³-hybridized carbons (Fsp3) is 0.550. The number of amides is 4. The van der Waals surface area contributed by atoms with Crippen LogP contribution in [0.5, 0.6) is 5.75 Å². The van der Waals surface area contributed by atoms with Crippen LogP contribution >= 0.6 is 11.8 Å². The molecule has 2 fully saturated rings. The molecule has 0 radical (unpaired) electrons. The molecular formula is C20H28N4O4S. The summed E-state index contributed by atoms with van der Waals surface area (Å²) in [5.41, 5.74) is 0.282. The Hall–Kier alpha value is -2.42. The molecule has 0 unspecified atom stereocenters. The summed E-state index contributed by atoms with van der Waals surface area (Å²) in [7, 11) is 1.65. The van der Waals surface area contributed by atoms with E-state index >= 15 is 0 Å². The fourth-order valence-electron chi connectivity index (χ4n) is 3.43. The second-order valence-electron chi connectivity index (χ2n) is 7.63. The Morgan fingerprint density at radius 1 is 1.14 bits per heavy atom. The minimum atomic E-state index is -0.846. The van der Waals surface area contributed by atoms with Crippen molar-refractivity contribution in [3.63, 3.8) is 0 Å². The first-order valence-electron chi connectivity index (χ1n) is 9.70. The quantitative estimate of drug-likeness (QED) is 0.531. The lowest BCUT2D eigenvalue weighted by Gasteiger charge is -2.36. The first kappa shape index (κ1) is 21.3. The monoisotopic (exact) mass is 420 g/mol. The molecule has 0 bridgehead atoms. The van der Waals surface area contributed by atoms with Gasteiger partial charge in [0.05, 0.1) is 12.9 Å². The lowest BCUT2D eigenvalue weighted by Crippen LogP contribution is -2.49. The second kappa shape index (κ2) is 8.94. The Balaban J connectivity index is 1.38. The smallest absolute Gasteiger partial charge is 0.325 e. The van der Waals surface area contributed by atoms with Gasteiger partial charge in [-0.1, -0.05) is 0 Å². The minimum absolute atomic E-state index is 0.0990. The SMILES string of the molecule is COc1ccc(N2CCN(C(=O)CSCCN3C(=O)NC(C)(C)C3=O)CC2)cc1. The van der Waals surface area contributed by atoms with Crippen molar-refractivity contribution in [3.05, 3.63) is 24.3 Å². The third-order valence-electron chi connectivity index (χ3n) is 5.20. The van der Waals surface area contributed by atoms with Crippen LogP contribution < -0.4 is 15.0 Å². The van der Waals surface area contributed by atoms with E-state index in [9.17, 15) is 14.4 Å². The van der Waals surface area contributed by atoms with Crippen molar-refractivity contribution >= 4 is 35.3 Å². The van der Waals surface area contributed by atoms with E-state index in [1.54, 1.807) is 21.0 Å². The molecule has 0 spiro atoms. The van der Waals surface area contributed by atoms with Crippen LogP contribution in [-0.2, 0) is 9.59 Å². The number of thioether (sulfide) groups is 1. The zero-order valence-corrected chi connectivity index (χ0v) is 18.0. The third kappa shape index (κ3) is 4.95. The first-order valence-corrected chi connectivity index (χ1v) is 10.9. The second-order valence-corrected chi connectivity index (χ2v) is 8.74. The maximum atomic E-state index is 12.5. The highest BCUT2D eigenvalue weighted by Crippen LogP contribution is 2.21. The maximum absolute atomic E-state index is 12.5. The summed E-state index contributed by atoms with van der Waals surface area (Å²) in [6, 6.07) is 7.58. The molecule has 0 atom stereocenters. The van der Waals surface area contributed by atoms with E-state index < -0.39 is 5.54 Å². The number of rotatable bonds is 7. The van der Waals surface area contributed by atoms with Gasteiger partial charge >= 0.3 is 6.03 Å². The van der Waals surface area contributed by atoms with Gasteiger partial charge in [0.2, 0.25) is 5.91 Å². The summed E-state index contributed by atoms with van der Waals surface area (Å²) in [4.78, 5) is 41.8. The summed E-state index contributed by atoms with van der Waals surface area (Å²) in [6.07, 6.45) is 0. The molecule has 1 aromatic rings. The number of piperazine rings is 1. The van der Waals surface area contributed by atoms with Crippen LogP contribution in [0.3, 0.4) is 0 Å². The molecule has 1 aromatic carbocycles. The summed E-state index contributed by atoms with van der Waals surface area (Å²) < 4.78 is 5.19. The predicted octanol–water partition coefficient (Wildman–Crippen LogP) is 1.41. The Bertz CT molecular complexity index is 760. The number of methoxy groups -OCH3 is 1. The molecule has 2 saturated heterocycles. The van der Waals surface area contributed by atoms with Gasteiger partial charge in [0.1, 0.15) is 11.3 Å². The molecule has 9 heteroatoms. The number of benzene rings is 1. The zero-order chi connectivity index (χ0) is 21.0. The Morgan fingerprint density at radius 3 is 2.34 bits per heavy atom. The highest BCUT2D eigenvalue weighted by molar-refractivity contribution is 7.99. The van der Waals surface area contributed by atoms with Gasteiger partial charge in [-0.3, -0.25) is 14.5 Å². The van der Waals surface area contributed by atoms with Gasteiger partial charge in [0.15, 0.2) is 0 Å². The number of carbonyl (C=O) groups is 3. The standard InChI is InChI=1S/C20H28N4O4S/c1-20(2)18(26)24(19(27)21-20)12-13-29-14-17(25)23-10-8-22(9-11-23)15-4-6-16(28-3)7-5-15/h4-7H,8-14H2,1-3H3,(H,21,27). The molecule has 2 heterocycles. The summed E-state index contributed by atoms with van der Waals surface area (Å²) in [6.45, 7) is 6.65. The molecule has 0 aromatic heterocycles. The number of carbonyl (C=O) groups excluding carboxylic acids is 3. The lowest BCUT2D eigenvalue weighted by atomic mass is 10.1. The molecule has 2 aliphatic rings. The molecule has 4 amide bonds. The average Bonchev–Trinajstić information content (AvgIpc) is 2.92. The zero-order valence-electron chi connectivity index (χ0n) is 17.1. The minimum Gasteiger partial charge on any atom is -0.497 e. The highest BCUT2D eigenvalue weighted by atomic mass is 32.2. The van der Waals surface area contributed by atoms with Crippen molar-refractivity contribution < 1.29 is 19.1 Å². The van der Waals surface area contributed by atoms with E-state index in [1.165, 1.54) is 16.7 Å². The third-order valence-corrected chi connectivity index (χ3v) is 6.12. The van der Waals surface area contributed by atoms with Gasteiger partial charge in [0.25, 0.3) is 5.91 Å². The number of imide groups is 1. The van der Waals surface area contributed by atoms with Gasteiger partial charge in [-0.05, 0) is 38.1 Å². The van der Waals surface area contributed by atoms with E-state index in [1.807, 2.05) is 29.2 Å². The van der Waals surface area contributed by atoms with Crippen molar-refractivity contribution in [3.8, 4) is 5.75 Å². The van der Waals surface area contributed by atoms with E-state index in [2.05, 4.69) is 10.2 Å². The summed E-state index contributed by atoms with van der Waals surface area (Å²) >= 11 is 1.45. The Morgan fingerprint density at radius 2 is 1.79 bits per heavy atom. The topological polar surface area (TPSA) is 82.2 Å². The van der Waals surface area contributed by atoms with E-state index in [0.29, 0.717) is 31.1 Å². The molecule has 0 aliphatic carbocycles.